The molecule has 2 heteroatoms. The van der Waals surface area contributed by atoms with E-state index in [-0.39, 0.29) is 0 Å². The minimum Gasteiger partial charge on any atom is -0.317 e. The van der Waals surface area contributed by atoms with Crippen molar-refractivity contribution in [2.24, 2.45) is 5.92 Å². The maximum absolute atomic E-state index is 4.12. The van der Waals surface area contributed by atoms with Crippen LogP contribution in [0.1, 0.15) is 25.8 Å². The van der Waals surface area contributed by atoms with Gasteiger partial charge in [-0.25, -0.2) is 0 Å². The van der Waals surface area contributed by atoms with Crippen LogP contribution in [0.25, 0.3) is 0 Å². The van der Waals surface area contributed by atoms with Crippen LogP contribution in [0.4, 0.5) is 0 Å². The van der Waals surface area contributed by atoms with Crippen LogP contribution in [0.3, 0.4) is 0 Å². The molecule has 0 saturated carbocycles. The highest BCUT2D eigenvalue weighted by molar-refractivity contribution is 5.08. The van der Waals surface area contributed by atoms with Gasteiger partial charge in [-0.15, -0.1) is 0 Å². The van der Waals surface area contributed by atoms with Crippen molar-refractivity contribution >= 4 is 0 Å². The normalized spacial score (nSPS) is 12.7. The number of nitrogens with zero attached hydrogens (tertiary/aromatic N) is 1. The van der Waals surface area contributed by atoms with Crippen LogP contribution >= 0.6 is 0 Å². The van der Waals surface area contributed by atoms with E-state index in [9.17, 15) is 0 Å². The highest BCUT2D eigenvalue weighted by Crippen LogP contribution is 2.09. The third kappa shape index (κ3) is 4.38. The van der Waals surface area contributed by atoms with Crippen LogP contribution in [-0.2, 0) is 6.42 Å². The quantitative estimate of drug-likeness (QED) is 0.699. The molecule has 0 amide bonds. The maximum Gasteiger partial charge on any atom is 0.0299 e. The Bertz CT molecular complexity index is 233. The molecule has 0 fully saturated rings. The molecule has 78 valence electrons. The van der Waals surface area contributed by atoms with Gasteiger partial charge < -0.3 is 5.32 Å². The molecule has 0 aliphatic heterocycles. The van der Waals surface area contributed by atoms with E-state index in [0.717, 1.165) is 25.4 Å². The van der Waals surface area contributed by atoms with Crippen LogP contribution in [0.5, 0.6) is 0 Å². The van der Waals surface area contributed by atoms with Gasteiger partial charge in [-0.3, -0.25) is 4.98 Å². The molecule has 0 aromatic carbocycles. The summed E-state index contributed by atoms with van der Waals surface area (Å²) >= 11 is 0. The van der Waals surface area contributed by atoms with Crippen molar-refractivity contribution in [3.05, 3.63) is 30.1 Å². The molecule has 0 bridgehead atoms. The Kier molecular flexibility index (Phi) is 5.23. The average molecular weight is 192 g/mol. The molecule has 1 unspecified atom stereocenters. The monoisotopic (exact) mass is 192 g/mol. The first-order valence-corrected chi connectivity index (χ1v) is 5.42. The molecule has 14 heavy (non-hydrogen) atoms. The van der Waals surface area contributed by atoms with Crippen LogP contribution in [0.2, 0.25) is 0 Å². The lowest BCUT2D eigenvalue weighted by Gasteiger charge is -2.10. The van der Waals surface area contributed by atoms with Crippen molar-refractivity contribution in [1.82, 2.24) is 10.3 Å². The van der Waals surface area contributed by atoms with Gasteiger partial charge in [0.05, 0.1) is 0 Å². The van der Waals surface area contributed by atoms with Gasteiger partial charge in [-0.2, -0.15) is 0 Å². The summed E-state index contributed by atoms with van der Waals surface area (Å²) in [5, 5.41) is 3.35. The minimum absolute atomic E-state index is 0.734. The lowest BCUT2D eigenvalue weighted by atomic mass is 9.99. The summed E-state index contributed by atoms with van der Waals surface area (Å²) in [5.41, 5.74) is 1.34. The van der Waals surface area contributed by atoms with Crippen LogP contribution < -0.4 is 5.32 Å². The maximum atomic E-state index is 4.12. The van der Waals surface area contributed by atoms with E-state index in [2.05, 4.69) is 30.2 Å². The van der Waals surface area contributed by atoms with E-state index in [4.69, 9.17) is 0 Å². The molecule has 2 nitrogen and oxygen atoms in total. The summed E-state index contributed by atoms with van der Waals surface area (Å²) in [6, 6.07) is 4.16. The van der Waals surface area contributed by atoms with E-state index >= 15 is 0 Å². The van der Waals surface area contributed by atoms with Crippen molar-refractivity contribution in [2.75, 3.05) is 13.1 Å². The van der Waals surface area contributed by atoms with Gasteiger partial charge in [0, 0.05) is 12.4 Å². The number of hydrogen-bond acceptors (Lipinski definition) is 2. The van der Waals surface area contributed by atoms with E-state index < -0.39 is 0 Å². The SMILES string of the molecule is CCNCCC(C)Cc1cccnc1. The number of nitrogens with one attached hydrogen (secondary N) is 1. The number of aromatic nitrogens is 1. The van der Waals surface area contributed by atoms with Crippen LogP contribution in [0, 0.1) is 5.92 Å². The van der Waals surface area contributed by atoms with E-state index in [0.29, 0.717) is 0 Å². The predicted molar refractivity (Wildman–Crippen MR) is 60.3 cm³/mol. The minimum atomic E-state index is 0.734. The molecule has 0 saturated heterocycles. The van der Waals surface area contributed by atoms with Gasteiger partial charge >= 0.3 is 0 Å². The fraction of sp³-hybridized carbons (Fsp3) is 0.583. The van der Waals surface area contributed by atoms with Gasteiger partial charge in [-0.1, -0.05) is 19.9 Å². The summed E-state index contributed by atoms with van der Waals surface area (Å²) in [5.74, 6) is 0.734. The zero-order chi connectivity index (χ0) is 10.2. The van der Waals surface area contributed by atoms with Crippen molar-refractivity contribution in [1.29, 1.82) is 0 Å². The van der Waals surface area contributed by atoms with Crippen molar-refractivity contribution in [3.8, 4) is 0 Å². The second kappa shape index (κ2) is 6.55. The average Bonchev–Trinajstić information content (AvgIpc) is 2.20. The molecule has 1 N–H and O–H groups in total. The second-order valence-electron chi connectivity index (χ2n) is 3.81. The standard InChI is InChI=1S/C12H20N2/c1-3-13-8-6-11(2)9-12-5-4-7-14-10-12/h4-5,7,10-11,13H,3,6,8-9H2,1-2H3. The van der Waals surface area contributed by atoms with Gasteiger partial charge in [0.25, 0.3) is 0 Å². The molecule has 1 aromatic heterocycles. The molecule has 0 aliphatic carbocycles. The third-order valence-corrected chi connectivity index (χ3v) is 2.37. The van der Waals surface area contributed by atoms with Gasteiger partial charge in [-0.05, 0) is 43.5 Å². The number of pyridine rings is 1. The molecule has 1 rings (SSSR count). The zero-order valence-corrected chi connectivity index (χ0v) is 9.16. The topological polar surface area (TPSA) is 24.9 Å². The fourth-order valence-corrected chi connectivity index (χ4v) is 1.55. The smallest absolute Gasteiger partial charge is 0.0299 e. The summed E-state index contributed by atoms with van der Waals surface area (Å²) in [4.78, 5) is 4.12. The van der Waals surface area contributed by atoms with Gasteiger partial charge in [0.15, 0.2) is 0 Å². The summed E-state index contributed by atoms with van der Waals surface area (Å²) in [6.07, 6.45) is 6.17. The van der Waals surface area contributed by atoms with Crippen molar-refractivity contribution in [3.63, 3.8) is 0 Å². The lowest BCUT2D eigenvalue weighted by Crippen LogP contribution is -2.17. The van der Waals surface area contributed by atoms with E-state index in [1.165, 1.54) is 12.0 Å². The molecule has 0 spiro atoms. The fourth-order valence-electron chi connectivity index (χ4n) is 1.55. The van der Waals surface area contributed by atoms with E-state index in [1.54, 1.807) is 0 Å². The molecule has 1 heterocycles. The van der Waals surface area contributed by atoms with Crippen LogP contribution in [0.15, 0.2) is 24.5 Å². The third-order valence-electron chi connectivity index (χ3n) is 2.37. The molecule has 0 aliphatic rings. The first kappa shape index (κ1) is 11.2. The Labute approximate surface area is 86.8 Å². The molecule has 1 aromatic rings. The molecular formula is C12H20N2. The second-order valence-corrected chi connectivity index (χ2v) is 3.81. The number of rotatable bonds is 6. The van der Waals surface area contributed by atoms with Crippen molar-refractivity contribution < 1.29 is 0 Å². The first-order valence-electron chi connectivity index (χ1n) is 5.42. The zero-order valence-electron chi connectivity index (χ0n) is 9.16. The molecule has 0 radical (unpaired) electrons. The first-order chi connectivity index (χ1) is 6.83. The Hall–Kier alpha value is -0.890. The van der Waals surface area contributed by atoms with E-state index in [1.807, 2.05) is 18.5 Å². The highest BCUT2D eigenvalue weighted by Gasteiger charge is 2.02. The summed E-state index contributed by atoms with van der Waals surface area (Å²) < 4.78 is 0. The Morgan fingerprint density at radius 2 is 2.36 bits per heavy atom. The summed E-state index contributed by atoms with van der Waals surface area (Å²) in [7, 11) is 0. The molecular weight excluding hydrogens is 172 g/mol. The Morgan fingerprint density at radius 1 is 1.50 bits per heavy atom. The largest absolute Gasteiger partial charge is 0.317 e. The van der Waals surface area contributed by atoms with Crippen molar-refractivity contribution in [2.45, 2.75) is 26.7 Å². The number of hydrogen-bond donors (Lipinski definition) is 1. The highest BCUT2D eigenvalue weighted by atomic mass is 14.8. The Morgan fingerprint density at radius 3 is 3.00 bits per heavy atom. The lowest BCUT2D eigenvalue weighted by molar-refractivity contribution is 0.504. The Balaban J connectivity index is 2.23. The summed E-state index contributed by atoms with van der Waals surface area (Å²) in [6.45, 7) is 6.63. The predicted octanol–water partition coefficient (Wildman–Crippen LogP) is 2.26. The van der Waals surface area contributed by atoms with Gasteiger partial charge in [0.2, 0.25) is 0 Å². The van der Waals surface area contributed by atoms with Gasteiger partial charge in [0.1, 0.15) is 0 Å². The molecule has 1 atom stereocenters. The van der Waals surface area contributed by atoms with Crippen LogP contribution in [-0.4, -0.2) is 18.1 Å².